The van der Waals surface area contributed by atoms with Gasteiger partial charge >= 0.3 is 5.97 Å². The van der Waals surface area contributed by atoms with Crippen LogP contribution >= 0.6 is 0 Å². The number of benzene rings is 1. The fourth-order valence-corrected chi connectivity index (χ4v) is 2.54. The van der Waals surface area contributed by atoms with Crippen LogP contribution in [0.5, 0.6) is 0 Å². The molecule has 0 aliphatic rings. The Morgan fingerprint density at radius 3 is 2.24 bits per heavy atom. The molecule has 0 aliphatic carbocycles. The predicted octanol–water partition coefficient (Wildman–Crippen LogP) is 1.17. The molecule has 2 rings (SSSR count). The van der Waals surface area contributed by atoms with E-state index in [0.29, 0.717) is 5.95 Å². The minimum absolute atomic E-state index is 0.103. The highest BCUT2D eigenvalue weighted by Gasteiger charge is 2.17. The number of nitrogens with zero attached hydrogens (tertiary/aromatic N) is 4. The Kier molecular flexibility index (Phi) is 7.64. The normalized spacial score (nSPS) is 10.2. The van der Waals surface area contributed by atoms with Gasteiger partial charge in [-0.15, -0.1) is 0 Å². The molecule has 9 heteroatoms. The van der Waals surface area contributed by atoms with Crippen LogP contribution in [0.25, 0.3) is 0 Å². The number of amides is 2. The largest absolute Gasteiger partial charge is 0.454 e. The van der Waals surface area contributed by atoms with Crippen molar-refractivity contribution in [3.05, 3.63) is 47.8 Å². The van der Waals surface area contributed by atoms with Gasteiger partial charge in [-0.2, -0.15) is 0 Å². The molecule has 0 saturated carbocycles. The zero-order valence-electron chi connectivity index (χ0n) is 17.0. The molecule has 154 valence electrons. The second kappa shape index (κ2) is 10.2. The van der Waals surface area contributed by atoms with Gasteiger partial charge in [0.2, 0.25) is 11.9 Å². The number of hydrogen-bond acceptors (Lipinski definition) is 7. The van der Waals surface area contributed by atoms with Crippen molar-refractivity contribution < 1.29 is 19.1 Å². The van der Waals surface area contributed by atoms with Gasteiger partial charge in [-0.3, -0.25) is 14.4 Å². The molecule has 0 fully saturated rings. The number of ether oxygens (including phenoxy) is 1. The van der Waals surface area contributed by atoms with Crippen LogP contribution in [0.2, 0.25) is 0 Å². The number of rotatable bonds is 8. The lowest BCUT2D eigenvalue weighted by molar-refractivity contribution is -0.150. The average molecular weight is 399 g/mol. The third-order valence-corrected chi connectivity index (χ3v) is 4.17. The summed E-state index contributed by atoms with van der Waals surface area (Å²) >= 11 is 0. The highest BCUT2D eigenvalue weighted by molar-refractivity contribution is 5.96. The third kappa shape index (κ3) is 6.56. The van der Waals surface area contributed by atoms with Crippen molar-refractivity contribution in [1.82, 2.24) is 14.9 Å². The van der Waals surface area contributed by atoms with Crippen molar-refractivity contribution in [3.8, 4) is 0 Å². The first-order valence-corrected chi connectivity index (χ1v) is 9.01. The van der Waals surface area contributed by atoms with Gasteiger partial charge in [0.05, 0.1) is 6.54 Å². The van der Waals surface area contributed by atoms with Crippen LogP contribution < -0.4 is 10.2 Å². The quantitative estimate of drug-likeness (QED) is 0.665. The summed E-state index contributed by atoms with van der Waals surface area (Å²) in [6, 6.07) is 7.37. The maximum absolute atomic E-state index is 12.2. The van der Waals surface area contributed by atoms with E-state index >= 15 is 0 Å². The predicted molar refractivity (Wildman–Crippen MR) is 108 cm³/mol. The zero-order valence-corrected chi connectivity index (χ0v) is 17.0. The molecule has 0 spiro atoms. The number of likely N-dealkylation sites (N-methyl/N-ethyl adjacent to an activating group) is 2. The van der Waals surface area contributed by atoms with E-state index in [4.69, 9.17) is 4.74 Å². The third-order valence-electron chi connectivity index (χ3n) is 4.17. The molecular formula is C20H25N5O4. The number of anilines is 2. The first kappa shape index (κ1) is 21.8. The summed E-state index contributed by atoms with van der Waals surface area (Å²) in [5.41, 5.74) is 2.61. The lowest BCUT2D eigenvalue weighted by atomic mass is 10.1. The Morgan fingerprint density at radius 1 is 1.00 bits per heavy atom. The van der Waals surface area contributed by atoms with Crippen LogP contribution in [0.15, 0.2) is 36.7 Å². The SMILES string of the molecule is Cc1cccc(C)c1NC(=O)CN(C)C(=O)COC(=O)CN(C)c1ncccn1. The molecule has 0 unspecified atom stereocenters. The van der Waals surface area contributed by atoms with E-state index in [1.165, 1.54) is 16.8 Å². The van der Waals surface area contributed by atoms with Crippen molar-refractivity contribution in [2.75, 3.05) is 44.0 Å². The second-order valence-corrected chi connectivity index (χ2v) is 6.63. The minimum Gasteiger partial charge on any atom is -0.454 e. The summed E-state index contributed by atoms with van der Waals surface area (Å²) < 4.78 is 5.00. The van der Waals surface area contributed by atoms with Crippen LogP contribution in [-0.4, -0.2) is 66.4 Å². The van der Waals surface area contributed by atoms with E-state index in [0.717, 1.165) is 16.8 Å². The number of aromatic nitrogens is 2. The lowest BCUT2D eigenvalue weighted by Gasteiger charge is -2.19. The summed E-state index contributed by atoms with van der Waals surface area (Å²) in [5, 5.41) is 2.81. The number of para-hydroxylation sites is 1. The molecule has 29 heavy (non-hydrogen) atoms. The van der Waals surface area contributed by atoms with Gasteiger partial charge in [0.25, 0.3) is 5.91 Å². The highest BCUT2D eigenvalue weighted by Crippen LogP contribution is 2.19. The number of esters is 1. The van der Waals surface area contributed by atoms with Crippen molar-refractivity contribution in [1.29, 1.82) is 0 Å². The van der Waals surface area contributed by atoms with Crippen molar-refractivity contribution in [3.63, 3.8) is 0 Å². The van der Waals surface area contributed by atoms with Gasteiger partial charge in [0, 0.05) is 32.2 Å². The van der Waals surface area contributed by atoms with Gasteiger partial charge in [0.15, 0.2) is 6.61 Å². The summed E-state index contributed by atoms with van der Waals surface area (Å²) in [6.07, 6.45) is 3.12. The van der Waals surface area contributed by atoms with Gasteiger partial charge in [-0.05, 0) is 31.0 Å². The van der Waals surface area contributed by atoms with Crippen LogP contribution in [0.1, 0.15) is 11.1 Å². The van der Waals surface area contributed by atoms with Gasteiger partial charge in [-0.25, -0.2) is 9.97 Å². The zero-order chi connectivity index (χ0) is 21.4. The summed E-state index contributed by atoms with van der Waals surface area (Å²) in [6.45, 7) is 3.09. The minimum atomic E-state index is -0.596. The smallest absolute Gasteiger partial charge is 0.326 e. The number of carbonyl (C=O) groups is 3. The fourth-order valence-electron chi connectivity index (χ4n) is 2.54. The molecule has 0 atom stereocenters. The monoisotopic (exact) mass is 399 g/mol. The second-order valence-electron chi connectivity index (χ2n) is 6.63. The number of nitrogens with one attached hydrogen (secondary N) is 1. The lowest BCUT2D eigenvalue weighted by Crippen LogP contribution is -2.38. The molecule has 2 amide bonds. The molecule has 1 aromatic carbocycles. The molecule has 0 bridgehead atoms. The van der Waals surface area contributed by atoms with Crippen LogP contribution in [0.3, 0.4) is 0 Å². The molecule has 0 radical (unpaired) electrons. The van der Waals surface area contributed by atoms with Crippen LogP contribution in [0.4, 0.5) is 11.6 Å². The van der Waals surface area contributed by atoms with E-state index in [2.05, 4.69) is 15.3 Å². The molecule has 9 nitrogen and oxygen atoms in total. The Balaban J connectivity index is 1.78. The summed E-state index contributed by atoms with van der Waals surface area (Å²) in [5.74, 6) is -1.03. The molecule has 0 aliphatic heterocycles. The first-order valence-electron chi connectivity index (χ1n) is 9.01. The molecule has 2 aromatic rings. The van der Waals surface area contributed by atoms with Crippen LogP contribution in [0, 0.1) is 13.8 Å². The van der Waals surface area contributed by atoms with Gasteiger partial charge in [0.1, 0.15) is 6.54 Å². The maximum atomic E-state index is 12.2. The van der Waals surface area contributed by atoms with E-state index in [1.807, 2.05) is 32.0 Å². The van der Waals surface area contributed by atoms with Gasteiger partial charge in [-0.1, -0.05) is 18.2 Å². The van der Waals surface area contributed by atoms with E-state index in [-0.39, 0.29) is 19.0 Å². The van der Waals surface area contributed by atoms with Crippen molar-refractivity contribution in [2.24, 2.45) is 0 Å². The molecule has 1 aromatic heterocycles. The number of carbonyl (C=O) groups excluding carboxylic acids is 3. The average Bonchev–Trinajstić information content (AvgIpc) is 2.69. The standard InChI is InChI=1S/C20H25N5O4/c1-14-7-5-8-15(2)19(14)23-16(26)11-24(3)17(27)13-29-18(28)12-25(4)20-21-9-6-10-22-20/h5-10H,11-13H2,1-4H3,(H,23,26). The summed E-state index contributed by atoms with van der Waals surface area (Å²) in [7, 11) is 3.12. The topological polar surface area (TPSA) is 105 Å². The molecule has 1 N–H and O–H groups in total. The number of hydrogen-bond donors (Lipinski definition) is 1. The number of aryl methyl sites for hydroxylation is 2. The Hall–Kier alpha value is -3.49. The van der Waals surface area contributed by atoms with Crippen molar-refractivity contribution in [2.45, 2.75) is 13.8 Å². The molecule has 1 heterocycles. The molecule has 0 saturated heterocycles. The highest BCUT2D eigenvalue weighted by atomic mass is 16.5. The first-order chi connectivity index (χ1) is 13.8. The Bertz CT molecular complexity index is 852. The van der Waals surface area contributed by atoms with Gasteiger partial charge < -0.3 is 19.9 Å². The molecular weight excluding hydrogens is 374 g/mol. The van der Waals surface area contributed by atoms with E-state index < -0.39 is 18.5 Å². The Morgan fingerprint density at radius 2 is 1.62 bits per heavy atom. The van der Waals surface area contributed by atoms with E-state index in [1.54, 1.807) is 25.5 Å². The van der Waals surface area contributed by atoms with Crippen LogP contribution in [-0.2, 0) is 19.1 Å². The fraction of sp³-hybridized carbons (Fsp3) is 0.350. The van der Waals surface area contributed by atoms with Crippen molar-refractivity contribution >= 4 is 29.4 Å². The maximum Gasteiger partial charge on any atom is 0.326 e. The Labute approximate surface area is 169 Å². The summed E-state index contributed by atoms with van der Waals surface area (Å²) in [4.78, 5) is 47.1. The van der Waals surface area contributed by atoms with E-state index in [9.17, 15) is 14.4 Å².